The number of nitrogens with zero attached hydrogens (tertiary/aromatic N) is 6. The number of carbonyl (C=O) groups is 1. The van der Waals surface area contributed by atoms with Crippen molar-refractivity contribution in [2.24, 2.45) is 0 Å². The molecule has 0 aromatic carbocycles. The van der Waals surface area contributed by atoms with E-state index in [2.05, 4.69) is 27.1 Å². The molecule has 25 heavy (non-hydrogen) atoms. The first-order chi connectivity index (χ1) is 12.1. The molecule has 0 spiro atoms. The Morgan fingerprint density at radius 1 is 1.36 bits per heavy atom. The number of likely N-dealkylation sites (tertiary alicyclic amines) is 1. The Morgan fingerprint density at radius 3 is 3.08 bits per heavy atom. The first kappa shape index (κ1) is 15.7. The Labute approximate surface area is 144 Å². The van der Waals surface area contributed by atoms with Crippen LogP contribution in [0.1, 0.15) is 43.0 Å². The number of carbonyl (C=O) groups excluding carboxylic acids is 1. The van der Waals surface area contributed by atoms with E-state index in [1.54, 1.807) is 10.9 Å². The maximum absolute atomic E-state index is 12.0. The lowest BCUT2D eigenvalue weighted by Gasteiger charge is -2.13. The third-order valence-corrected chi connectivity index (χ3v) is 4.45. The van der Waals surface area contributed by atoms with Gasteiger partial charge in [-0.15, -0.1) is 0 Å². The molecule has 130 valence electrons. The van der Waals surface area contributed by atoms with Crippen LogP contribution in [0.3, 0.4) is 0 Å². The first-order valence-electron chi connectivity index (χ1n) is 8.52. The minimum absolute atomic E-state index is 0.00619. The van der Waals surface area contributed by atoms with Gasteiger partial charge in [-0.05, 0) is 25.0 Å². The van der Waals surface area contributed by atoms with Gasteiger partial charge in [-0.25, -0.2) is 9.67 Å². The van der Waals surface area contributed by atoms with Crippen molar-refractivity contribution >= 4 is 16.9 Å². The first-order valence-corrected chi connectivity index (χ1v) is 8.52. The fourth-order valence-corrected chi connectivity index (χ4v) is 3.25. The molecule has 4 heterocycles. The number of pyridine rings is 1. The van der Waals surface area contributed by atoms with Crippen molar-refractivity contribution in [3.8, 4) is 0 Å². The summed E-state index contributed by atoms with van der Waals surface area (Å²) in [7, 11) is 0. The molecule has 8 heteroatoms. The van der Waals surface area contributed by atoms with E-state index in [-0.39, 0.29) is 11.8 Å². The molecule has 1 atom stereocenters. The third-order valence-electron chi connectivity index (χ3n) is 4.45. The highest BCUT2D eigenvalue weighted by molar-refractivity contribution is 5.79. The van der Waals surface area contributed by atoms with Gasteiger partial charge in [-0.1, -0.05) is 12.1 Å². The molecule has 1 fully saturated rings. The summed E-state index contributed by atoms with van der Waals surface area (Å²) in [6.45, 7) is 5.88. The highest BCUT2D eigenvalue weighted by Crippen LogP contribution is 2.26. The summed E-state index contributed by atoms with van der Waals surface area (Å²) < 4.78 is 7.12. The van der Waals surface area contributed by atoms with Gasteiger partial charge in [0.25, 0.3) is 0 Å². The zero-order valence-electron chi connectivity index (χ0n) is 14.3. The highest BCUT2D eigenvalue weighted by atomic mass is 16.5. The van der Waals surface area contributed by atoms with Gasteiger partial charge in [-0.3, -0.25) is 4.79 Å². The van der Waals surface area contributed by atoms with Crippen molar-refractivity contribution in [2.75, 3.05) is 13.1 Å². The summed E-state index contributed by atoms with van der Waals surface area (Å²) >= 11 is 0. The van der Waals surface area contributed by atoms with Gasteiger partial charge >= 0.3 is 0 Å². The smallest absolute Gasteiger partial charge is 0.248 e. The van der Waals surface area contributed by atoms with Gasteiger partial charge in [0.2, 0.25) is 11.8 Å². The topological polar surface area (TPSA) is 89.9 Å². The molecule has 3 aromatic heterocycles. The molecule has 3 aromatic rings. The fraction of sp³-hybridized carbons (Fsp3) is 0.471. The Hall–Kier alpha value is -2.77. The normalized spacial score (nSPS) is 17.8. The Balaban J connectivity index is 1.51. The van der Waals surface area contributed by atoms with Gasteiger partial charge in [0.1, 0.15) is 6.54 Å². The molecule has 1 amide bonds. The van der Waals surface area contributed by atoms with Crippen molar-refractivity contribution in [3.63, 3.8) is 0 Å². The molecule has 0 bridgehead atoms. The van der Waals surface area contributed by atoms with E-state index in [1.807, 2.05) is 24.1 Å². The lowest BCUT2D eigenvalue weighted by Crippen LogP contribution is -2.25. The molecule has 0 radical (unpaired) electrons. The molecule has 0 aliphatic carbocycles. The monoisotopic (exact) mass is 340 g/mol. The van der Waals surface area contributed by atoms with Crippen molar-refractivity contribution in [2.45, 2.75) is 39.2 Å². The third kappa shape index (κ3) is 2.99. The summed E-state index contributed by atoms with van der Waals surface area (Å²) in [6, 6.07) is 2.04. The summed E-state index contributed by atoms with van der Waals surface area (Å²) in [6.07, 6.45) is 5.00. The predicted molar refractivity (Wildman–Crippen MR) is 89.9 cm³/mol. The van der Waals surface area contributed by atoms with E-state index in [0.29, 0.717) is 31.2 Å². The van der Waals surface area contributed by atoms with Crippen molar-refractivity contribution in [3.05, 3.63) is 35.7 Å². The minimum Gasteiger partial charge on any atom is -0.342 e. The number of rotatable bonds is 5. The quantitative estimate of drug-likeness (QED) is 0.704. The van der Waals surface area contributed by atoms with E-state index in [9.17, 15) is 4.79 Å². The molecular weight excluding hydrogens is 320 g/mol. The van der Waals surface area contributed by atoms with Gasteiger partial charge in [0.05, 0.1) is 6.20 Å². The predicted octanol–water partition coefficient (Wildman–Crippen LogP) is 1.90. The van der Waals surface area contributed by atoms with Crippen LogP contribution in [-0.2, 0) is 11.3 Å². The zero-order valence-corrected chi connectivity index (χ0v) is 14.3. The molecule has 1 aliphatic heterocycles. The van der Waals surface area contributed by atoms with Crippen LogP contribution in [0.25, 0.3) is 11.0 Å². The fourth-order valence-electron chi connectivity index (χ4n) is 3.25. The lowest BCUT2D eigenvalue weighted by atomic mass is 10.1. The molecule has 0 N–H and O–H groups in total. The van der Waals surface area contributed by atoms with E-state index >= 15 is 0 Å². The average molecular weight is 340 g/mol. The SMILES string of the molecule is CCCN1CC(c2noc(Cn3ncc4cc(C)cnc43)n2)CC1=O. The molecule has 1 unspecified atom stereocenters. The largest absolute Gasteiger partial charge is 0.342 e. The van der Waals surface area contributed by atoms with Crippen LogP contribution >= 0.6 is 0 Å². The maximum atomic E-state index is 12.0. The molecule has 1 aliphatic rings. The van der Waals surface area contributed by atoms with Gasteiger partial charge in [0.15, 0.2) is 11.5 Å². The standard InChI is InChI=1S/C17H20N6O2/c1-3-4-22-9-13(6-15(22)24)16-20-14(25-21-16)10-23-17-12(8-19-23)5-11(2)7-18-17/h5,7-8,13H,3-4,6,9-10H2,1-2H3. The summed E-state index contributed by atoms with van der Waals surface area (Å²) in [4.78, 5) is 22.8. The van der Waals surface area contributed by atoms with Crippen LogP contribution in [0, 0.1) is 6.92 Å². The number of aromatic nitrogens is 5. The van der Waals surface area contributed by atoms with Crippen LogP contribution in [0.4, 0.5) is 0 Å². The number of hydrogen-bond donors (Lipinski definition) is 0. The van der Waals surface area contributed by atoms with Crippen LogP contribution in [0.2, 0.25) is 0 Å². The van der Waals surface area contributed by atoms with Crippen molar-refractivity contribution in [1.29, 1.82) is 0 Å². The van der Waals surface area contributed by atoms with E-state index in [1.165, 1.54) is 0 Å². The highest BCUT2D eigenvalue weighted by Gasteiger charge is 2.33. The zero-order chi connectivity index (χ0) is 17.4. The second kappa shape index (κ2) is 6.27. The number of fused-ring (bicyclic) bond motifs is 1. The van der Waals surface area contributed by atoms with Crippen molar-refractivity contribution < 1.29 is 9.32 Å². The Morgan fingerprint density at radius 2 is 2.24 bits per heavy atom. The van der Waals surface area contributed by atoms with Crippen LogP contribution in [0.5, 0.6) is 0 Å². The van der Waals surface area contributed by atoms with Crippen molar-refractivity contribution in [1.82, 2.24) is 29.8 Å². The number of aryl methyl sites for hydroxylation is 1. The second-order valence-corrected chi connectivity index (χ2v) is 6.51. The van der Waals surface area contributed by atoms with Gasteiger partial charge in [0, 0.05) is 37.0 Å². The van der Waals surface area contributed by atoms with Crippen LogP contribution in [0.15, 0.2) is 23.0 Å². The van der Waals surface area contributed by atoms with E-state index in [0.717, 1.165) is 29.6 Å². The summed E-state index contributed by atoms with van der Waals surface area (Å²) in [5.41, 5.74) is 1.88. The molecular formula is C17H20N6O2. The molecule has 8 nitrogen and oxygen atoms in total. The summed E-state index contributed by atoms with van der Waals surface area (Å²) in [5, 5.41) is 9.41. The lowest BCUT2D eigenvalue weighted by molar-refractivity contribution is -0.127. The molecule has 4 rings (SSSR count). The van der Waals surface area contributed by atoms with Gasteiger partial charge in [-0.2, -0.15) is 10.1 Å². The molecule has 1 saturated heterocycles. The van der Waals surface area contributed by atoms with E-state index < -0.39 is 0 Å². The Bertz CT molecular complexity index is 915. The summed E-state index contributed by atoms with van der Waals surface area (Å²) in [5.74, 6) is 1.24. The minimum atomic E-state index is 0.00619. The van der Waals surface area contributed by atoms with Crippen LogP contribution < -0.4 is 0 Å². The Kier molecular flexibility index (Phi) is 3.95. The number of amides is 1. The molecule has 0 saturated carbocycles. The maximum Gasteiger partial charge on any atom is 0.248 e. The van der Waals surface area contributed by atoms with Crippen LogP contribution in [-0.4, -0.2) is 48.8 Å². The van der Waals surface area contributed by atoms with E-state index in [4.69, 9.17) is 4.52 Å². The number of hydrogen-bond acceptors (Lipinski definition) is 6. The average Bonchev–Trinajstić information content (AvgIpc) is 3.29. The second-order valence-electron chi connectivity index (χ2n) is 6.51. The van der Waals surface area contributed by atoms with Gasteiger partial charge < -0.3 is 9.42 Å².